The molecule has 3 amide bonds. The number of amides is 3. The predicted molar refractivity (Wildman–Crippen MR) is 112 cm³/mol. The van der Waals surface area contributed by atoms with Gasteiger partial charge in [0.05, 0.1) is 11.1 Å². The van der Waals surface area contributed by atoms with Crippen molar-refractivity contribution >= 4 is 29.1 Å². The van der Waals surface area contributed by atoms with Gasteiger partial charge in [0.2, 0.25) is 5.91 Å². The normalized spacial score (nSPS) is 16.8. The Bertz CT molecular complexity index is 1010. The maximum atomic E-state index is 14.6. The SMILES string of the molecule is CC(C)C(C(=O)Nc1cc(F)c(N2CCCC2)c(F)c1)N1C(=O)c2ccccc2C1=O. The van der Waals surface area contributed by atoms with Gasteiger partial charge in [0, 0.05) is 18.8 Å². The first-order valence-corrected chi connectivity index (χ1v) is 10.3. The monoisotopic (exact) mass is 427 g/mol. The number of halogens is 2. The number of carbonyl (C=O) groups excluding carboxylic acids is 3. The third kappa shape index (κ3) is 3.66. The summed E-state index contributed by atoms with van der Waals surface area (Å²) in [6, 6.07) is 7.36. The van der Waals surface area contributed by atoms with Crippen LogP contribution in [0.5, 0.6) is 0 Å². The summed E-state index contributed by atoms with van der Waals surface area (Å²) in [6.45, 7) is 4.56. The molecule has 0 aliphatic carbocycles. The van der Waals surface area contributed by atoms with E-state index in [4.69, 9.17) is 0 Å². The second kappa shape index (κ2) is 8.09. The van der Waals surface area contributed by atoms with E-state index in [9.17, 15) is 23.2 Å². The molecule has 0 saturated carbocycles. The van der Waals surface area contributed by atoms with Crippen molar-refractivity contribution in [1.29, 1.82) is 0 Å². The predicted octanol–water partition coefficient (Wildman–Crippen LogP) is 3.82. The van der Waals surface area contributed by atoms with Gasteiger partial charge in [-0.25, -0.2) is 8.78 Å². The van der Waals surface area contributed by atoms with E-state index in [0.717, 1.165) is 29.9 Å². The number of imide groups is 1. The van der Waals surface area contributed by atoms with Gasteiger partial charge < -0.3 is 10.2 Å². The highest BCUT2D eigenvalue weighted by molar-refractivity contribution is 6.23. The summed E-state index contributed by atoms with van der Waals surface area (Å²) >= 11 is 0. The van der Waals surface area contributed by atoms with Crippen LogP contribution in [0.2, 0.25) is 0 Å². The van der Waals surface area contributed by atoms with E-state index in [0.29, 0.717) is 13.1 Å². The standard InChI is InChI=1S/C23H23F2N3O3/c1-13(2)19(28-22(30)15-7-3-4-8-16(15)23(28)31)21(29)26-14-11-17(24)20(18(25)12-14)27-9-5-6-10-27/h3-4,7-8,11-13,19H,5-6,9-10H2,1-2H3,(H,26,29). The fourth-order valence-electron chi connectivity index (χ4n) is 4.28. The van der Waals surface area contributed by atoms with Crippen molar-refractivity contribution in [3.8, 4) is 0 Å². The number of hydrogen-bond donors (Lipinski definition) is 1. The van der Waals surface area contributed by atoms with E-state index >= 15 is 0 Å². The summed E-state index contributed by atoms with van der Waals surface area (Å²) in [5, 5.41) is 2.48. The molecule has 2 aliphatic heterocycles. The molecule has 0 radical (unpaired) electrons. The van der Waals surface area contributed by atoms with Crippen LogP contribution < -0.4 is 10.2 Å². The van der Waals surface area contributed by atoms with Gasteiger partial charge in [-0.1, -0.05) is 26.0 Å². The second-order valence-electron chi connectivity index (χ2n) is 8.19. The molecule has 162 valence electrons. The minimum Gasteiger partial charge on any atom is -0.367 e. The summed E-state index contributed by atoms with van der Waals surface area (Å²) in [5.41, 5.74) is 0.303. The van der Waals surface area contributed by atoms with Crippen molar-refractivity contribution in [2.24, 2.45) is 5.92 Å². The molecule has 6 nitrogen and oxygen atoms in total. The molecule has 31 heavy (non-hydrogen) atoms. The van der Waals surface area contributed by atoms with Crippen molar-refractivity contribution in [2.45, 2.75) is 32.7 Å². The average Bonchev–Trinajstić information content (AvgIpc) is 3.31. The number of hydrogen-bond acceptors (Lipinski definition) is 4. The Morgan fingerprint density at radius 1 is 0.968 bits per heavy atom. The Hall–Kier alpha value is -3.29. The van der Waals surface area contributed by atoms with Crippen LogP contribution >= 0.6 is 0 Å². The molecule has 1 saturated heterocycles. The number of rotatable bonds is 5. The molecule has 2 aromatic carbocycles. The van der Waals surface area contributed by atoms with E-state index in [1.54, 1.807) is 30.9 Å². The van der Waals surface area contributed by atoms with Crippen molar-refractivity contribution < 1.29 is 23.2 Å². The van der Waals surface area contributed by atoms with Crippen molar-refractivity contribution in [1.82, 2.24) is 4.90 Å². The van der Waals surface area contributed by atoms with Gasteiger partial charge in [-0.3, -0.25) is 19.3 Å². The van der Waals surface area contributed by atoms with E-state index in [1.807, 2.05) is 0 Å². The van der Waals surface area contributed by atoms with Crippen molar-refractivity contribution in [3.63, 3.8) is 0 Å². The molecule has 1 atom stereocenters. The molecule has 2 aliphatic rings. The highest BCUT2D eigenvalue weighted by Crippen LogP contribution is 2.31. The number of nitrogens with zero attached hydrogens (tertiary/aromatic N) is 2. The minimum atomic E-state index is -1.13. The lowest BCUT2D eigenvalue weighted by atomic mass is 10.0. The van der Waals surface area contributed by atoms with Gasteiger partial charge in [-0.2, -0.15) is 0 Å². The van der Waals surface area contributed by atoms with Crippen LogP contribution in [0, 0.1) is 17.6 Å². The zero-order chi connectivity index (χ0) is 22.3. The van der Waals surface area contributed by atoms with E-state index in [2.05, 4.69) is 5.32 Å². The third-order valence-electron chi connectivity index (χ3n) is 5.71. The molecule has 2 aromatic rings. The third-order valence-corrected chi connectivity index (χ3v) is 5.71. The van der Waals surface area contributed by atoms with Gasteiger partial charge in [0.15, 0.2) is 11.6 Å². The van der Waals surface area contributed by atoms with Crippen LogP contribution in [0.3, 0.4) is 0 Å². The maximum absolute atomic E-state index is 14.6. The quantitative estimate of drug-likeness (QED) is 0.737. The molecule has 0 bridgehead atoms. The second-order valence-corrected chi connectivity index (χ2v) is 8.19. The Kier molecular flexibility index (Phi) is 5.47. The van der Waals surface area contributed by atoms with Crippen LogP contribution in [-0.4, -0.2) is 41.8 Å². The lowest BCUT2D eigenvalue weighted by molar-refractivity contribution is -0.121. The Morgan fingerprint density at radius 2 is 1.48 bits per heavy atom. The topological polar surface area (TPSA) is 69.7 Å². The van der Waals surface area contributed by atoms with Gasteiger partial charge in [-0.15, -0.1) is 0 Å². The van der Waals surface area contributed by atoms with Crippen molar-refractivity contribution in [2.75, 3.05) is 23.3 Å². The van der Waals surface area contributed by atoms with Gasteiger partial charge in [0.1, 0.15) is 11.7 Å². The van der Waals surface area contributed by atoms with Gasteiger partial charge >= 0.3 is 0 Å². The highest BCUT2D eigenvalue weighted by atomic mass is 19.1. The largest absolute Gasteiger partial charge is 0.367 e. The molecular weight excluding hydrogens is 404 g/mol. The zero-order valence-electron chi connectivity index (χ0n) is 17.3. The van der Waals surface area contributed by atoms with Crippen LogP contribution in [0.1, 0.15) is 47.4 Å². The number of benzene rings is 2. The first kappa shape index (κ1) is 21.0. The van der Waals surface area contributed by atoms with Crippen LogP contribution in [0.4, 0.5) is 20.2 Å². The average molecular weight is 427 g/mol. The number of carbonyl (C=O) groups is 3. The number of fused-ring (bicyclic) bond motifs is 1. The zero-order valence-corrected chi connectivity index (χ0v) is 17.3. The first-order chi connectivity index (χ1) is 14.8. The van der Waals surface area contributed by atoms with E-state index in [1.165, 1.54) is 12.1 Å². The van der Waals surface area contributed by atoms with Crippen LogP contribution in [-0.2, 0) is 4.79 Å². The van der Waals surface area contributed by atoms with Crippen LogP contribution in [0.15, 0.2) is 36.4 Å². The number of nitrogens with one attached hydrogen (secondary N) is 1. The van der Waals surface area contributed by atoms with E-state index in [-0.39, 0.29) is 22.5 Å². The lowest BCUT2D eigenvalue weighted by Crippen LogP contribution is -2.50. The Labute approximate surface area is 178 Å². The highest BCUT2D eigenvalue weighted by Gasteiger charge is 2.44. The first-order valence-electron chi connectivity index (χ1n) is 10.3. The molecule has 0 spiro atoms. The summed E-state index contributed by atoms with van der Waals surface area (Å²) in [5.74, 6) is -3.75. The Balaban J connectivity index is 1.59. The lowest BCUT2D eigenvalue weighted by Gasteiger charge is -2.28. The summed E-state index contributed by atoms with van der Waals surface area (Å²) in [6.07, 6.45) is 1.74. The molecule has 0 aromatic heterocycles. The number of anilines is 2. The fraction of sp³-hybridized carbons (Fsp3) is 0.348. The summed E-state index contributed by atoms with van der Waals surface area (Å²) < 4.78 is 29.3. The summed E-state index contributed by atoms with van der Waals surface area (Å²) in [7, 11) is 0. The molecule has 1 N–H and O–H groups in total. The van der Waals surface area contributed by atoms with Crippen molar-refractivity contribution in [3.05, 3.63) is 59.2 Å². The summed E-state index contributed by atoms with van der Waals surface area (Å²) in [4.78, 5) is 41.2. The van der Waals surface area contributed by atoms with E-state index < -0.39 is 41.3 Å². The molecular formula is C23H23F2N3O3. The molecule has 8 heteroatoms. The molecule has 2 heterocycles. The molecule has 4 rings (SSSR count). The minimum absolute atomic E-state index is 0.0646. The molecule has 1 unspecified atom stereocenters. The van der Waals surface area contributed by atoms with Gasteiger partial charge in [0.25, 0.3) is 11.8 Å². The van der Waals surface area contributed by atoms with Gasteiger partial charge in [-0.05, 0) is 43.0 Å². The maximum Gasteiger partial charge on any atom is 0.262 e. The fourth-order valence-corrected chi connectivity index (χ4v) is 4.28. The Morgan fingerprint density at radius 3 is 1.97 bits per heavy atom. The molecule has 1 fully saturated rings. The van der Waals surface area contributed by atoms with Crippen LogP contribution in [0.25, 0.3) is 0 Å². The smallest absolute Gasteiger partial charge is 0.262 e.